The lowest BCUT2D eigenvalue weighted by Crippen LogP contribution is -1.96. The fourth-order valence-electron chi connectivity index (χ4n) is 1.63. The number of nitrogen functional groups attached to an aromatic ring is 1. The largest absolute Gasteiger partial charge is 0.382 e. The first-order valence-corrected chi connectivity index (χ1v) is 5.34. The third-order valence-corrected chi connectivity index (χ3v) is 2.63. The maximum Gasteiger partial charge on any atom is 0.161 e. The summed E-state index contributed by atoms with van der Waals surface area (Å²) in [5, 5.41) is 0.653. The summed E-state index contributed by atoms with van der Waals surface area (Å²) in [4.78, 5) is 15.6. The summed E-state index contributed by atoms with van der Waals surface area (Å²) in [6.07, 6.45) is 3.12. The molecule has 0 atom stereocenters. The molecular weight excluding hydrogens is 238 g/mol. The van der Waals surface area contributed by atoms with Crippen LogP contribution in [0, 0.1) is 0 Å². The molecule has 0 aliphatic carbocycles. The van der Waals surface area contributed by atoms with Crippen LogP contribution in [0.2, 0.25) is 5.02 Å². The van der Waals surface area contributed by atoms with Crippen LogP contribution in [0.25, 0.3) is 22.6 Å². The van der Waals surface area contributed by atoms with E-state index in [0.29, 0.717) is 22.4 Å². The molecule has 3 aromatic rings. The molecule has 0 saturated carbocycles. The van der Waals surface area contributed by atoms with Crippen molar-refractivity contribution in [2.75, 3.05) is 5.73 Å². The molecule has 0 aliphatic heterocycles. The van der Waals surface area contributed by atoms with Crippen LogP contribution in [0.4, 0.5) is 5.82 Å². The Morgan fingerprint density at radius 2 is 2.00 bits per heavy atom. The summed E-state index contributed by atoms with van der Waals surface area (Å²) < 4.78 is 0. The zero-order valence-corrected chi connectivity index (χ0v) is 9.44. The highest BCUT2D eigenvalue weighted by Crippen LogP contribution is 2.23. The third kappa shape index (κ3) is 1.70. The van der Waals surface area contributed by atoms with E-state index in [1.807, 2.05) is 6.07 Å². The van der Waals surface area contributed by atoms with Crippen molar-refractivity contribution in [2.24, 2.45) is 0 Å². The van der Waals surface area contributed by atoms with Crippen molar-refractivity contribution >= 4 is 28.5 Å². The third-order valence-electron chi connectivity index (χ3n) is 2.39. The Balaban J connectivity index is 2.22. The van der Waals surface area contributed by atoms with Gasteiger partial charge in [0.1, 0.15) is 5.69 Å². The molecule has 3 rings (SSSR count). The molecule has 1 aromatic carbocycles. The van der Waals surface area contributed by atoms with E-state index in [0.717, 1.165) is 11.0 Å². The number of nitrogens with one attached hydrogen (secondary N) is 1. The number of halogens is 1. The number of H-pyrrole nitrogens is 1. The van der Waals surface area contributed by atoms with Gasteiger partial charge in [-0.1, -0.05) is 11.6 Å². The van der Waals surface area contributed by atoms with Gasteiger partial charge in [-0.05, 0) is 18.2 Å². The molecule has 0 unspecified atom stereocenters. The van der Waals surface area contributed by atoms with E-state index < -0.39 is 0 Å². The average molecular weight is 246 g/mol. The van der Waals surface area contributed by atoms with E-state index in [1.54, 1.807) is 24.5 Å². The van der Waals surface area contributed by atoms with E-state index in [-0.39, 0.29) is 0 Å². The van der Waals surface area contributed by atoms with Gasteiger partial charge < -0.3 is 10.7 Å². The molecule has 6 heteroatoms. The molecule has 0 spiro atoms. The van der Waals surface area contributed by atoms with E-state index in [4.69, 9.17) is 17.3 Å². The summed E-state index contributed by atoms with van der Waals surface area (Å²) >= 11 is 5.90. The summed E-state index contributed by atoms with van der Waals surface area (Å²) in [5.74, 6) is 0.936. The number of anilines is 1. The summed E-state index contributed by atoms with van der Waals surface area (Å²) in [7, 11) is 0. The monoisotopic (exact) mass is 245 g/mol. The SMILES string of the molecule is Nc1nccnc1-c1nc2ccc(Cl)cc2[nH]1. The zero-order chi connectivity index (χ0) is 11.8. The van der Waals surface area contributed by atoms with Crippen molar-refractivity contribution in [1.29, 1.82) is 0 Å². The second-order valence-electron chi connectivity index (χ2n) is 3.54. The number of nitrogens with zero attached hydrogens (tertiary/aromatic N) is 3. The molecule has 3 N–H and O–H groups in total. The highest BCUT2D eigenvalue weighted by Gasteiger charge is 2.10. The first-order chi connectivity index (χ1) is 8.24. The van der Waals surface area contributed by atoms with Gasteiger partial charge in [0.25, 0.3) is 0 Å². The molecule has 84 valence electrons. The second-order valence-corrected chi connectivity index (χ2v) is 3.97. The number of aromatic nitrogens is 4. The number of benzene rings is 1. The lowest BCUT2D eigenvalue weighted by atomic mass is 10.3. The van der Waals surface area contributed by atoms with Gasteiger partial charge >= 0.3 is 0 Å². The highest BCUT2D eigenvalue weighted by atomic mass is 35.5. The average Bonchev–Trinajstić information content (AvgIpc) is 2.72. The standard InChI is InChI=1S/C11H8ClN5/c12-6-1-2-7-8(5-6)17-11(16-7)9-10(13)15-4-3-14-9/h1-5H,(H2,13,15)(H,16,17). The number of nitrogens with two attached hydrogens (primary N) is 1. The zero-order valence-electron chi connectivity index (χ0n) is 8.68. The molecule has 0 radical (unpaired) electrons. The number of hydrogen-bond donors (Lipinski definition) is 2. The minimum absolute atomic E-state index is 0.345. The highest BCUT2D eigenvalue weighted by molar-refractivity contribution is 6.31. The van der Waals surface area contributed by atoms with Gasteiger partial charge in [0.2, 0.25) is 0 Å². The molecule has 0 amide bonds. The normalized spacial score (nSPS) is 10.9. The molecule has 17 heavy (non-hydrogen) atoms. The molecule has 0 aliphatic rings. The van der Waals surface area contributed by atoms with Crippen LogP contribution in [0.5, 0.6) is 0 Å². The Morgan fingerprint density at radius 3 is 2.82 bits per heavy atom. The van der Waals surface area contributed by atoms with Gasteiger partial charge in [0.15, 0.2) is 11.6 Å². The predicted octanol–water partition coefficient (Wildman–Crippen LogP) is 2.26. The molecule has 2 heterocycles. The van der Waals surface area contributed by atoms with Gasteiger partial charge in [-0.25, -0.2) is 15.0 Å². The van der Waals surface area contributed by atoms with Crippen molar-refractivity contribution < 1.29 is 0 Å². The van der Waals surface area contributed by atoms with Crippen molar-refractivity contribution in [3.63, 3.8) is 0 Å². The minimum atomic E-state index is 0.345. The Kier molecular flexibility index (Phi) is 2.19. The maximum atomic E-state index is 5.90. The van der Waals surface area contributed by atoms with Crippen molar-refractivity contribution in [3.05, 3.63) is 35.6 Å². The van der Waals surface area contributed by atoms with Crippen LogP contribution >= 0.6 is 11.6 Å². The van der Waals surface area contributed by atoms with Crippen LogP contribution in [0.3, 0.4) is 0 Å². The molecule has 0 bridgehead atoms. The lowest BCUT2D eigenvalue weighted by Gasteiger charge is -1.97. The summed E-state index contributed by atoms with van der Waals surface area (Å²) in [6, 6.07) is 5.43. The Morgan fingerprint density at radius 1 is 1.18 bits per heavy atom. The van der Waals surface area contributed by atoms with Crippen LogP contribution in [-0.2, 0) is 0 Å². The molecule has 5 nitrogen and oxygen atoms in total. The lowest BCUT2D eigenvalue weighted by molar-refractivity contribution is 1.17. The van der Waals surface area contributed by atoms with Gasteiger partial charge in [-0.15, -0.1) is 0 Å². The fourth-order valence-corrected chi connectivity index (χ4v) is 1.80. The minimum Gasteiger partial charge on any atom is -0.382 e. The van der Waals surface area contributed by atoms with Crippen LogP contribution in [-0.4, -0.2) is 19.9 Å². The number of fused-ring (bicyclic) bond motifs is 1. The maximum absolute atomic E-state index is 5.90. The number of rotatable bonds is 1. The first kappa shape index (κ1) is 10.0. The molecule has 0 fully saturated rings. The van der Waals surface area contributed by atoms with Gasteiger partial charge in [-0.3, -0.25) is 0 Å². The van der Waals surface area contributed by atoms with E-state index in [2.05, 4.69) is 19.9 Å². The van der Waals surface area contributed by atoms with E-state index >= 15 is 0 Å². The number of imidazole rings is 1. The van der Waals surface area contributed by atoms with Crippen LogP contribution in [0.1, 0.15) is 0 Å². The van der Waals surface area contributed by atoms with Gasteiger partial charge in [0, 0.05) is 17.4 Å². The van der Waals surface area contributed by atoms with Crippen LogP contribution < -0.4 is 5.73 Å². The fraction of sp³-hybridized carbons (Fsp3) is 0. The molecule has 2 aromatic heterocycles. The summed E-state index contributed by atoms with van der Waals surface area (Å²) in [5.41, 5.74) is 7.95. The van der Waals surface area contributed by atoms with E-state index in [1.165, 1.54) is 0 Å². The quantitative estimate of drug-likeness (QED) is 0.689. The van der Waals surface area contributed by atoms with Crippen molar-refractivity contribution in [2.45, 2.75) is 0 Å². The first-order valence-electron chi connectivity index (χ1n) is 4.96. The van der Waals surface area contributed by atoms with Crippen molar-refractivity contribution in [3.8, 4) is 11.5 Å². The van der Waals surface area contributed by atoms with Crippen molar-refractivity contribution in [1.82, 2.24) is 19.9 Å². The Hall–Kier alpha value is -2.14. The number of hydrogen-bond acceptors (Lipinski definition) is 4. The molecular formula is C11H8ClN5. The second kappa shape index (κ2) is 3.71. The summed E-state index contributed by atoms with van der Waals surface area (Å²) in [6.45, 7) is 0. The molecule has 0 saturated heterocycles. The predicted molar refractivity (Wildman–Crippen MR) is 66.5 cm³/mol. The number of aromatic amines is 1. The van der Waals surface area contributed by atoms with Crippen LogP contribution in [0.15, 0.2) is 30.6 Å². The smallest absolute Gasteiger partial charge is 0.161 e. The Labute approximate surface area is 102 Å². The topological polar surface area (TPSA) is 80.5 Å². The van der Waals surface area contributed by atoms with E-state index in [9.17, 15) is 0 Å². The van der Waals surface area contributed by atoms with Gasteiger partial charge in [-0.2, -0.15) is 0 Å². The Bertz CT molecular complexity index is 691. The van der Waals surface area contributed by atoms with Gasteiger partial charge in [0.05, 0.1) is 11.0 Å².